The largest absolute Gasteiger partial charge is 0.392 e. The summed E-state index contributed by atoms with van der Waals surface area (Å²) in [4.78, 5) is 0. The minimum absolute atomic E-state index is 0.111. The van der Waals surface area contributed by atoms with Gasteiger partial charge in [0.15, 0.2) is 0 Å². The molecular formula is C17H18O. The van der Waals surface area contributed by atoms with Gasteiger partial charge < -0.3 is 5.11 Å². The summed E-state index contributed by atoms with van der Waals surface area (Å²) in [5.41, 5.74) is 5.33. The minimum atomic E-state index is -0.356. The zero-order valence-electron chi connectivity index (χ0n) is 10.6. The van der Waals surface area contributed by atoms with Crippen LogP contribution in [0.1, 0.15) is 35.1 Å². The van der Waals surface area contributed by atoms with Gasteiger partial charge in [0, 0.05) is 5.92 Å². The van der Waals surface area contributed by atoms with Gasteiger partial charge in [-0.05, 0) is 42.0 Å². The molecule has 0 aromatic heterocycles. The molecule has 1 atom stereocenters. The van der Waals surface area contributed by atoms with Crippen LogP contribution in [-0.4, -0.2) is 11.2 Å². The first-order valence-corrected chi connectivity index (χ1v) is 6.61. The fraction of sp³-hybridized carbons (Fsp3) is 0.294. The first kappa shape index (κ1) is 11.5. The molecule has 1 nitrogen and oxygen atoms in total. The lowest BCUT2D eigenvalue weighted by Crippen LogP contribution is -2.17. The molecule has 1 aliphatic rings. The van der Waals surface area contributed by atoms with Gasteiger partial charge in [-0.15, -0.1) is 0 Å². The average molecular weight is 238 g/mol. The van der Waals surface area contributed by atoms with Crippen LogP contribution in [0.4, 0.5) is 0 Å². The number of aliphatic hydroxyl groups is 1. The Kier molecular flexibility index (Phi) is 2.92. The van der Waals surface area contributed by atoms with Crippen LogP contribution in [0, 0.1) is 0 Å². The van der Waals surface area contributed by atoms with Crippen LogP contribution >= 0.6 is 0 Å². The van der Waals surface area contributed by atoms with Crippen molar-refractivity contribution in [3.8, 4) is 0 Å². The maximum absolute atomic E-state index is 10.2. The van der Waals surface area contributed by atoms with Gasteiger partial charge in [0.05, 0.1) is 6.10 Å². The normalized spacial score (nSPS) is 16.6. The van der Waals surface area contributed by atoms with Gasteiger partial charge in [0.25, 0.3) is 0 Å². The maximum atomic E-state index is 10.2. The lowest BCUT2D eigenvalue weighted by Gasteiger charge is -2.23. The molecule has 1 N–H and O–H groups in total. The zero-order valence-corrected chi connectivity index (χ0v) is 10.6. The van der Waals surface area contributed by atoms with Gasteiger partial charge in [-0.2, -0.15) is 0 Å². The van der Waals surface area contributed by atoms with Crippen LogP contribution < -0.4 is 0 Å². The highest BCUT2D eigenvalue weighted by Crippen LogP contribution is 2.36. The van der Waals surface area contributed by atoms with Crippen LogP contribution in [0.3, 0.4) is 0 Å². The van der Waals surface area contributed by atoms with Crippen molar-refractivity contribution in [3.05, 3.63) is 70.8 Å². The second kappa shape index (κ2) is 4.58. The third-order valence-corrected chi connectivity index (χ3v) is 3.93. The number of aliphatic hydroxyl groups excluding tert-OH is 1. The van der Waals surface area contributed by atoms with E-state index in [1.807, 2.05) is 6.92 Å². The van der Waals surface area contributed by atoms with Crippen LogP contribution in [0.15, 0.2) is 48.5 Å². The lowest BCUT2D eigenvalue weighted by atomic mass is 9.84. The summed E-state index contributed by atoms with van der Waals surface area (Å²) >= 11 is 0. The minimum Gasteiger partial charge on any atom is -0.392 e. The molecule has 3 rings (SSSR count). The van der Waals surface area contributed by atoms with E-state index in [2.05, 4.69) is 48.5 Å². The molecule has 0 bridgehead atoms. The molecule has 0 spiro atoms. The Hall–Kier alpha value is -1.60. The van der Waals surface area contributed by atoms with Crippen molar-refractivity contribution in [2.75, 3.05) is 0 Å². The predicted molar refractivity (Wildman–Crippen MR) is 73.8 cm³/mol. The second-order valence-electron chi connectivity index (χ2n) is 5.12. The van der Waals surface area contributed by atoms with E-state index in [9.17, 15) is 5.11 Å². The standard InChI is InChI=1S/C17H18O/c1-12(18)17-15-8-4-2-6-13(15)10-11-14-7-3-5-9-16(14)17/h2-9,12,17-18H,10-11H2,1H3. The Morgan fingerprint density at radius 2 is 1.33 bits per heavy atom. The van der Waals surface area contributed by atoms with Crippen molar-refractivity contribution in [3.63, 3.8) is 0 Å². The van der Waals surface area contributed by atoms with E-state index in [1.165, 1.54) is 22.3 Å². The summed E-state index contributed by atoms with van der Waals surface area (Å²) in [6.45, 7) is 1.89. The first-order valence-electron chi connectivity index (χ1n) is 6.61. The fourth-order valence-corrected chi connectivity index (χ4v) is 3.09. The molecule has 0 amide bonds. The van der Waals surface area contributed by atoms with E-state index in [4.69, 9.17) is 0 Å². The maximum Gasteiger partial charge on any atom is 0.0621 e. The topological polar surface area (TPSA) is 20.2 Å². The molecule has 1 unspecified atom stereocenters. The Morgan fingerprint density at radius 3 is 1.78 bits per heavy atom. The fourth-order valence-electron chi connectivity index (χ4n) is 3.09. The van der Waals surface area contributed by atoms with Gasteiger partial charge in [-0.3, -0.25) is 0 Å². The molecule has 92 valence electrons. The second-order valence-corrected chi connectivity index (χ2v) is 5.12. The summed E-state index contributed by atoms with van der Waals surface area (Å²) in [6.07, 6.45) is 1.78. The summed E-state index contributed by atoms with van der Waals surface area (Å²) in [7, 11) is 0. The van der Waals surface area contributed by atoms with Gasteiger partial charge in [0.1, 0.15) is 0 Å². The van der Waals surface area contributed by atoms with Crippen LogP contribution in [0.2, 0.25) is 0 Å². The first-order chi connectivity index (χ1) is 8.77. The van der Waals surface area contributed by atoms with Crippen molar-refractivity contribution in [1.29, 1.82) is 0 Å². The molecule has 18 heavy (non-hydrogen) atoms. The van der Waals surface area contributed by atoms with E-state index in [1.54, 1.807) is 0 Å². The average Bonchev–Trinajstić information content (AvgIpc) is 2.55. The van der Waals surface area contributed by atoms with E-state index in [0.29, 0.717) is 0 Å². The highest BCUT2D eigenvalue weighted by atomic mass is 16.3. The van der Waals surface area contributed by atoms with Crippen LogP contribution in [0.5, 0.6) is 0 Å². The Labute approximate surface area is 108 Å². The number of rotatable bonds is 1. The number of benzene rings is 2. The number of hydrogen-bond acceptors (Lipinski definition) is 1. The van der Waals surface area contributed by atoms with Gasteiger partial charge >= 0.3 is 0 Å². The third-order valence-electron chi connectivity index (χ3n) is 3.93. The van der Waals surface area contributed by atoms with Crippen molar-refractivity contribution >= 4 is 0 Å². The van der Waals surface area contributed by atoms with Gasteiger partial charge in [-0.25, -0.2) is 0 Å². The monoisotopic (exact) mass is 238 g/mol. The van der Waals surface area contributed by atoms with Crippen molar-refractivity contribution in [2.45, 2.75) is 31.8 Å². The quantitative estimate of drug-likeness (QED) is 0.808. The van der Waals surface area contributed by atoms with E-state index in [-0.39, 0.29) is 12.0 Å². The van der Waals surface area contributed by atoms with Crippen molar-refractivity contribution < 1.29 is 5.11 Å². The summed E-state index contributed by atoms with van der Waals surface area (Å²) in [5.74, 6) is 0.111. The molecule has 0 saturated heterocycles. The molecule has 0 saturated carbocycles. The molecule has 0 heterocycles. The molecule has 2 aromatic carbocycles. The van der Waals surface area contributed by atoms with E-state index in [0.717, 1.165) is 12.8 Å². The van der Waals surface area contributed by atoms with Gasteiger partial charge in [-0.1, -0.05) is 48.5 Å². The smallest absolute Gasteiger partial charge is 0.0621 e. The van der Waals surface area contributed by atoms with E-state index >= 15 is 0 Å². The van der Waals surface area contributed by atoms with Crippen molar-refractivity contribution in [2.24, 2.45) is 0 Å². The SMILES string of the molecule is CC(O)C1c2ccccc2CCc2ccccc21. The molecule has 1 aliphatic carbocycles. The summed E-state index contributed by atoms with van der Waals surface area (Å²) in [5, 5.41) is 10.2. The highest BCUT2D eigenvalue weighted by molar-refractivity contribution is 5.45. The molecule has 0 aliphatic heterocycles. The Bertz CT molecular complexity index is 510. The highest BCUT2D eigenvalue weighted by Gasteiger charge is 2.26. The summed E-state index contributed by atoms with van der Waals surface area (Å²) in [6, 6.07) is 17.0. The molecule has 1 heteroatoms. The van der Waals surface area contributed by atoms with Crippen molar-refractivity contribution in [1.82, 2.24) is 0 Å². The number of hydrogen-bond donors (Lipinski definition) is 1. The zero-order chi connectivity index (χ0) is 12.5. The predicted octanol–water partition coefficient (Wildman–Crippen LogP) is 3.30. The molecule has 0 radical (unpaired) electrons. The molecule has 2 aromatic rings. The molecule has 0 fully saturated rings. The van der Waals surface area contributed by atoms with E-state index < -0.39 is 0 Å². The Balaban J connectivity index is 2.21. The van der Waals surface area contributed by atoms with Crippen LogP contribution in [0.25, 0.3) is 0 Å². The third kappa shape index (κ3) is 1.85. The van der Waals surface area contributed by atoms with Crippen LogP contribution in [-0.2, 0) is 12.8 Å². The molecular weight excluding hydrogens is 220 g/mol. The van der Waals surface area contributed by atoms with Gasteiger partial charge in [0.2, 0.25) is 0 Å². The lowest BCUT2D eigenvalue weighted by molar-refractivity contribution is 0.176. The Morgan fingerprint density at radius 1 is 0.889 bits per heavy atom. The number of fused-ring (bicyclic) bond motifs is 2. The number of aryl methyl sites for hydroxylation is 2. The summed E-state index contributed by atoms with van der Waals surface area (Å²) < 4.78 is 0.